The molecule has 134 valence electrons. The number of fused-ring (bicyclic) bond motifs is 1. The van der Waals surface area contributed by atoms with Crippen molar-refractivity contribution in [2.75, 3.05) is 6.54 Å². The summed E-state index contributed by atoms with van der Waals surface area (Å²) in [6.45, 7) is 6.14. The average Bonchev–Trinajstić information content (AvgIpc) is 2.80. The van der Waals surface area contributed by atoms with Crippen LogP contribution in [0.1, 0.15) is 60.7 Å². The number of amides is 2. The van der Waals surface area contributed by atoms with Gasteiger partial charge in [-0.25, -0.2) is 0 Å². The van der Waals surface area contributed by atoms with Crippen LogP contribution >= 0.6 is 0 Å². The second-order valence-corrected chi connectivity index (χ2v) is 7.60. The zero-order valence-electron chi connectivity index (χ0n) is 15.0. The minimum Gasteiger partial charge on any atom is -0.461 e. The Balaban J connectivity index is 1.67. The smallest absolute Gasteiger partial charge is 0.326 e. The van der Waals surface area contributed by atoms with Gasteiger partial charge in [0, 0.05) is 0 Å². The second kappa shape index (κ2) is 6.98. The third-order valence-electron chi connectivity index (χ3n) is 5.41. The van der Waals surface area contributed by atoms with Crippen molar-refractivity contribution in [2.24, 2.45) is 17.8 Å². The van der Waals surface area contributed by atoms with E-state index in [9.17, 15) is 14.4 Å². The van der Waals surface area contributed by atoms with Crippen LogP contribution in [0.25, 0.3) is 0 Å². The van der Waals surface area contributed by atoms with E-state index in [1.807, 2.05) is 0 Å². The number of esters is 1. The summed E-state index contributed by atoms with van der Waals surface area (Å²) in [6.07, 6.45) is 2.90. The standard InChI is InChI=1S/C20H25NO4/c1-12(2)14-9-8-13(3)10-17(14)25-18(22)11-21-19(23)15-6-4-5-7-16(15)20(21)24/h4-7,12-14,17H,8-11H2,1-3H3/t13-,14-,17+/m0/s1. The van der Waals surface area contributed by atoms with E-state index in [0.717, 1.165) is 24.2 Å². The van der Waals surface area contributed by atoms with E-state index in [1.165, 1.54) is 0 Å². The topological polar surface area (TPSA) is 63.7 Å². The lowest BCUT2D eigenvalue weighted by atomic mass is 9.75. The molecular weight excluding hydrogens is 318 g/mol. The number of hydrogen-bond acceptors (Lipinski definition) is 4. The molecule has 0 unspecified atom stereocenters. The molecule has 0 spiro atoms. The van der Waals surface area contributed by atoms with Gasteiger partial charge in [0.2, 0.25) is 0 Å². The number of nitrogens with zero attached hydrogens (tertiary/aromatic N) is 1. The van der Waals surface area contributed by atoms with Crippen molar-refractivity contribution < 1.29 is 19.1 Å². The summed E-state index contributed by atoms with van der Waals surface area (Å²) in [5, 5.41) is 0. The van der Waals surface area contributed by atoms with E-state index in [0.29, 0.717) is 28.9 Å². The lowest BCUT2D eigenvalue weighted by Crippen LogP contribution is -2.40. The largest absolute Gasteiger partial charge is 0.461 e. The molecule has 2 amide bonds. The van der Waals surface area contributed by atoms with Crippen LogP contribution in [0.3, 0.4) is 0 Å². The van der Waals surface area contributed by atoms with Gasteiger partial charge in [-0.15, -0.1) is 0 Å². The average molecular weight is 343 g/mol. The summed E-state index contributed by atoms with van der Waals surface area (Å²) >= 11 is 0. The lowest BCUT2D eigenvalue weighted by Gasteiger charge is -2.36. The van der Waals surface area contributed by atoms with Gasteiger partial charge in [0.15, 0.2) is 0 Å². The molecule has 0 radical (unpaired) electrons. The highest BCUT2D eigenvalue weighted by Crippen LogP contribution is 2.35. The van der Waals surface area contributed by atoms with Crippen LogP contribution < -0.4 is 0 Å². The Hall–Kier alpha value is -2.17. The zero-order chi connectivity index (χ0) is 18.1. The Morgan fingerprint density at radius 2 is 1.76 bits per heavy atom. The summed E-state index contributed by atoms with van der Waals surface area (Å²) < 4.78 is 5.71. The molecule has 0 bridgehead atoms. The van der Waals surface area contributed by atoms with E-state index >= 15 is 0 Å². The monoisotopic (exact) mass is 343 g/mol. The molecule has 0 saturated heterocycles. The molecule has 0 N–H and O–H groups in total. The van der Waals surface area contributed by atoms with Crippen LogP contribution in [-0.2, 0) is 9.53 Å². The maximum atomic E-state index is 12.4. The minimum atomic E-state index is -0.501. The van der Waals surface area contributed by atoms with Gasteiger partial charge in [0.1, 0.15) is 12.6 Å². The van der Waals surface area contributed by atoms with Crippen molar-refractivity contribution in [3.05, 3.63) is 35.4 Å². The first-order valence-corrected chi connectivity index (χ1v) is 9.03. The molecule has 5 heteroatoms. The first-order valence-electron chi connectivity index (χ1n) is 9.03. The van der Waals surface area contributed by atoms with Gasteiger partial charge in [0.05, 0.1) is 11.1 Å². The van der Waals surface area contributed by atoms with E-state index in [4.69, 9.17) is 4.74 Å². The van der Waals surface area contributed by atoms with Crippen molar-refractivity contribution in [3.8, 4) is 0 Å². The molecule has 3 atom stereocenters. The summed E-state index contributed by atoms with van der Waals surface area (Å²) in [4.78, 5) is 38.1. The lowest BCUT2D eigenvalue weighted by molar-refractivity contribution is -0.156. The van der Waals surface area contributed by atoms with Crippen LogP contribution in [0.15, 0.2) is 24.3 Å². The van der Waals surface area contributed by atoms with Gasteiger partial charge in [-0.2, -0.15) is 0 Å². The number of imide groups is 1. The Labute approximate surface area is 148 Å². The molecule has 3 rings (SSSR count). The van der Waals surface area contributed by atoms with Crippen LogP contribution in [-0.4, -0.2) is 35.3 Å². The Morgan fingerprint density at radius 1 is 1.16 bits per heavy atom. The highest BCUT2D eigenvalue weighted by Gasteiger charge is 2.38. The molecule has 1 saturated carbocycles. The van der Waals surface area contributed by atoms with E-state index in [2.05, 4.69) is 20.8 Å². The summed E-state index contributed by atoms with van der Waals surface area (Å²) in [5.41, 5.74) is 0.707. The van der Waals surface area contributed by atoms with E-state index in [1.54, 1.807) is 24.3 Å². The molecule has 0 aromatic heterocycles. The van der Waals surface area contributed by atoms with Crippen molar-refractivity contribution in [3.63, 3.8) is 0 Å². The number of carbonyl (C=O) groups excluding carboxylic acids is 3. The van der Waals surface area contributed by atoms with Gasteiger partial charge in [0.25, 0.3) is 11.8 Å². The molecule has 1 aromatic carbocycles. The zero-order valence-corrected chi connectivity index (χ0v) is 15.0. The van der Waals surface area contributed by atoms with Crippen LogP contribution in [0.4, 0.5) is 0 Å². The van der Waals surface area contributed by atoms with Gasteiger partial charge in [-0.05, 0) is 42.7 Å². The van der Waals surface area contributed by atoms with Crippen LogP contribution in [0, 0.1) is 17.8 Å². The quantitative estimate of drug-likeness (QED) is 0.622. The predicted octanol–water partition coefficient (Wildman–Crippen LogP) is 3.29. The first-order chi connectivity index (χ1) is 11.9. The highest BCUT2D eigenvalue weighted by molar-refractivity contribution is 6.22. The molecule has 1 aliphatic carbocycles. The first kappa shape index (κ1) is 17.6. The van der Waals surface area contributed by atoms with Crippen LogP contribution in [0.2, 0.25) is 0 Å². The fourth-order valence-corrected chi connectivity index (χ4v) is 3.97. The molecule has 5 nitrogen and oxygen atoms in total. The van der Waals surface area contributed by atoms with Crippen molar-refractivity contribution >= 4 is 17.8 Å². The molecule has 1 aromatic rings. The van der Waals surface area contributed by atoms with Gasteiger partial charge >= 0.3 is 5.97 Å². The van der Waals surface area contributed by atoms with Crippen LogP contribution in [0.5, 0.6) is 0 Å². The third kappa shape index (κ3) is 3.46. The van der Waals surface area contributed by atoms with Crippen molar-refractivity contribution in [1.29, 1.82) is 0 Å². The predicted molar refractivity (Wildman–Crippen MR) is 93.0 cm³/mol. The number of benzene rings is 1. The molecule has 2 aliphatic rings. The van der Waals surface area contributed by atoms with Crippen molar-refractivity contribution in [1.82, 2.24) is 4.90 Å². The maximum Gasteiger partial charge on any atom is 0.326 e. The number of ether oxygens (including phenoxy) is 1. The molecule has 1 fully saturated rings. The Bertz CT molecular complexity index is 662. The highest BCUT2D eigenvalue weighted by atomic mass is 16.5. The van der Waals surface area contributed by atoms with Gasteiger partial charge in [-0.3, -0.25) is 19.3 Å². The second-order valence-electron chi connectivity index (χ2n) is 7.60. The van der Waals surface area contributed by atoms with Gasteiger partial charge < -0.3 is 4.74 Å². The van der Waals surface area contributed by atoms with E-state index < -0.39 is 17.8 Å². The Morgan fingerprint density at radius 3 is 2.32 bits per heavy atom. The number of carbonyl (C=O) groups is 3. The molecule has 1 aliphatic heterocycles. The summed E-state index contributed by atoms with van der Waals surface area (Å²) in [6, 6.07) is 6.64. The number of hydrogen-bond donors (Lipinski definition) is 0. The normalized spacial score (nSPS) is 26.1. The third-order valence-corrected chi connectivity index (χ3v) is 5.41. The maximum absolute atomic E-state index is 12.4. The molecule has 1 heterocycles. The SMILES string of the molecule is CC(C)[C@@H]1CC[C@H](C)C[C@H]1OC(=O)CN1C(=O)c2ccccc2C1=O. The summed E-state index contributed by atoms with van der Waals surface area (Å²) in [7, 11) is 0. The summed E-state index contributed by atoms with van der Waals surface area (Å²) in [5.74, 6) is -0.0526. The van der Waals surface area contributed by atoms with E-state index in [-0.39, 0.29) is 12.6 Å². The fraction of sp³-hybridized carbons (Fsp3) is 0.550. The minimum absolute atomic E-state index is 0.133. The molecule has 25 heavy (non-hydrogen) atoms. The van der Waals surface area contributed by atoms with Crippen molar-refractivity contribution in [2.45, 2.75) is 46.1 Å². The fourth-order valence-electron chi connectivity index (χ4n) is 3.97. The van der Waals surface area contributed by atoms with Gasteiger partial charge in [-0.1, -0.05) is 39.3 Å². The Kier molecular flexibility index (Phi) is 4.93. The number of rotatable bonds is 4. The molecular formula is C20H25NO4.